The van der Waals surface area contributed by atoms with E-state index in [4.69, 9.17) is 21.1 Å². The number of carbonyl (C=O) groups is 4. The number of phenolic OH excluding ortho intramolecular Hbond substituents is 1. The minimum absolute atomic E-state index is 0.00552. The van der Waals surface area contributed by atoms with E-state index in [0.29, 0.717) is 24.0 Å². The van der Waals surface area contributed by atoms with Crippen LogP contribution < -0.4 is 0 Å². The summed E-state index contributed by atoms with van der Waals surface area (Å²) in [4.78, 5) is 49.8. The number of esters is 2. The topological polar surface area (TPSA) is 107 Å². The molecule has 0 aliphatic heterocycles. The first-order valence-corrected chi connectivity index (χ1v) is 18.3. The Kier molecular flexibility index (Phi) is 15.3. The van der Waals surface area contributed by atoms with Crippen molar-refractivity contribution in [2.75, 3.05) is 0 Å². The van der Waals surface area contributed by atoms with E-state index in [-0.39, 0.29) is 40.1 Å². The van der Waals surface area contributed by atoms with E-state index >= 15 is 8.78 Å². The number of ketones is 2. The molecule has 7 nitrogen and oxygen atoms in total. The quantitative estimate of drug-likeness (QED) is 0.113. The molecule has 0 aromatic heterocycles. The Balaban J connectivity index is 0.000000290. The van der Waals surface area contributed by atoms with Gasteiger partial charge >= 0.3 is 11.9 Å². The van der Waals surface area contributed by atoms with Gasteiger partial charge in [0.1, 0.15) is 34.1 Å². The molecule has 4 rings (SSSR count). The van der Waals surface area contributed by atoms with Crippen LogP contribution in [0.5, 0.6) is 5.75 Å². The summed E-state index contributed by atoms with van der Waals surface area (Å²) in [5, 5.41) is 10.1. The largest absolute Gasteiger partial charge is 0.507 e. The van der Waals surface area contributed by atoms with Crippen LogP contribution in [0.25, 0.3) is 0 Å². The van der Waals surface area contributed by atoms with Crippen LogP contribution >= 0.6 is 11.6 Å². The van der Waals surface area contributed by atoms with Crippen molar-refractivity contribution in [1.82, 2.24) is 0 Å². The zero-order chi connectivity index (χ0) is 40.4. The van der Waals surface area contributed by atoms with Crippen LogP contribution in [-0.4, -0.2) is 39.8 Å². The Morgan fingerprint density at radius 2 is 0.981 bits per heavy atom. The first-order chi connectivity index (χ1) is 25.3. The molecule has 0 bridgehead atoms. The Morgan fingerprint density at radius 3 is 1.37 bits per heavy atom. The summed E-state index contributed by atoms with van der Waals surface area (Å²) in [7, 11) is 0. The summed E-state index contributed by atoms with van der Waals surface area (Å²) in [6.45, 7) is 14.3. The number of halogens is 3. The molecule has 1 N–H and O–H groups in total. The van der Waals surface area contributed by atoms with E-state index in [9.17, 15) is 24.3 Å². The molecule has 0 aliphatic rings. The molecule has 54 heavy (non-hydrogen) atoms. The van der Waals surface area contributed by atoms with Crippen LogP contribution in [-0.2, 0) is 19.1 Å². The van der Waals surface area contributed by atoms with Crippen molar-refractivity contribution in [3.8, 4) is 5.75 Å². The number of carbonyl (C=O) groups excluding carboxylic acids is 4. The van der Waals surface area contributed by atoms with Gasteiger partial charge in [-0.3, -0.25) is 19.2 Å². The summed E-state index contributed by atoms with van der Waals surface area (Å²) >= 11 is 6.13. The highest BCUT2D eigenvalue weighted by molar-refractivity contribution is 6.35. The van der Waals surface area contributed by atoms with E-state index in [2.05, 4.69) is 0 Å². The zero-order valence-electron chi connectivity index (χ0n) is 32.1. The number of benzene rings is 4. The Bertz CT molecular complexity index is 1790. The van der Waals surface area contributed by atoms with Gasteiger partial charge < -0.3 is 14.6 Å². The summed E-state index contributed by atoms with van der Waals surface area (Å²) in [5.74, 6) is -4.66. The minimum Gasteiger partial charge on any atom is -0.507 e. The molecule has 0 spiro atoms. The van der Waals surface area contributed by atoms with E-state index < -0.39 is 63.9 Å². The van der Waals surface area contributed by atoms with Crippen molar-refractivity contribution >= 4 is 35.1 Å². The van der Waals surface area contributed by atoms with E-state index in [0.717, 1.165) is 0 Å². The molecule has 0 aliphatic carbocycles. The highest BCUT2D eigenvalue weighted by Crippen LogP contribution is 2.35. The van der Waals surface area contributed by atoms with E-state index in [1.165, 1.54) is 24.3 Å². The Hall–Kier alpha value is -4.89. The van der Waals surface area contributed by atoms with Crippen molar-refractivity contribution in [3.63, 3.8) is 0 Å². The van der Waals surface area contributed by atoms with Crippen molar-refractivity contribution in [3.05, 3.63) is 135 Å². The number of phenols is 1. The van der Waals surface area contributed by atoms with Crippen LogP contribution in [0, 0.1) is 11.6 Å². The maximum Gasteiger partial charge on any atom is 0.306 e. The van der Waals surface area contributed by atoms with Gasteiger partial charge in [0.25, 0.3) is 0 Å². The van der Waals surface area contributed by atoms with Crippen molar-refractivity contribution in [2.45, 2.75) is 104 Å². The molecule has 2 atom stereocenters. The average Bonchev–Trinajstić information content (AvgIpc) is 3.09. The first-order valence-electron chi connectivity index (χ1n) is 17.9. The molecule has 10 heteroatoms. The van der Waals surface area contributed by atoms with E-state index in [1.54, 1.807) is 102 Å². The third kappa shape index (κ3) is 12.1. The molecule has 0 heterocycles. The standard InChI is InChI=1S/C22H24ClFO3.C22H25FO4/c1-5-14(13-18(25)27-22(2,3)4)16-11-12-17(23)19(20(16)24)21(26)15-9-7-6-8-10-15;1-5-14(13-18(25)27-22(2,3)4)16-11-12-17(24)19(20(16)23)21(26)15-9-7-6-8-10-15/h6-12,14H,5,13H2,1-4H3;6-12,14,24H,5,13H2,1-4H3/t2*14-/m00/s1. The summed E-state index contributed by atoms with van der Waals surface area (Å²) in [5.41, 5.74) is -0.615. The SMILES string of the molecule is CC[C@@H](CC(=O)OC(C)(C)C)c1ccc(Cl)c(C(=O)c2ccccc2)c1F.CC[C@@H](CC(=O)OC(C)(C)C)c1ccc(O)c(C(=O)c2ccccc2)c1F. The van der Waals surface area contributed by atoms with Crippen molar-refractivity contribution < 1.29 is 42.5 Å². The lowest BCUT2D eigenvalue weighted by molar-refractivity contribution is -0.156. The molecular formula is C44H49ClF2O7. The molecule has 288 valence electrons. The molecule has 0 saturated heterocycles. The van der Waals surface area contributed by atoms with Gasteiger partial charge in [0.2, 0.25) is 0 Å². The molecule has 4 aromatic carbocycles. The molecule has 0 fully saturated rings. The van der Waals surface area contributed by atoms with Crippen LogP contribution in [0.1, 0.15) is 136 Å². The van der Waals surface area contributed by atoms with Crippen molar-refractivity contribution in [1.29, 1.82) is 0 Å². The third-order valence-corrected chi connectivity index (χ3v) is 8.64. The highest BCUT2D eigenvalue weighted by atomic mass is 35.5. The highest BCUT2D eigenvalue weighted by Gasteiger charge is 2.29. The third-order valence-electron chi connectivity index (χ3n) is 8.33. The second kappa shape index (κ2) is 18.9. The van der Waals surface area contributed by atoms with Gasteiger partial charge in [0, 0.05) is 11.1 Å². The lowest BCUT2D eigenvalue weighted by Gasteiger charge is -2.22. The fraction of sp³-hybridized carbons (Fsp3) is 0.364. The fourth-order valence-corrected chi connectivity index (χ4v) is 6.02. The number of ether oxygens (including phenoxy) is 2. The second-order valence-corrected chi connectivity index (χ2v) is 15.3. The number of hydrogen-bond acceptors (Lipinski definition) is 7. The lowest BCUT2D eigenvalue weighted by Crippen LogP contribution is -2.25. The van der Waals surface area contributed by atoms with Gasteiger partial charge in [0.15, 0.2) is 11.6 Å². The molecule has 0 radical (unpaired) electrons. The van der Waals surface area contributed by atoms with Crippen LogP contribution in [0.15, 0.2) is 84.9 Å². The maximum absolute atomic E-state index is 15.2. The zero-order valence-corrected chi connectivity index (χ0v) is 32.9. The summed E-state index contributed by atoms with van der Waals surface area (Å²) < 4.78 is 41.1. The van der Waals surface area contributed by atoms with Crippen LogP contribution in [0.4, 0.5) is 8.78 Å². The summed E-state index contributed by atoms with van der Waals surface area (Å²) in [6, 6.07) is 22.4. The maximum atomic E-state index is 15.2. The normalized spacial score (nSPS) is 12.5. The van der Waals surface area contributed by atoms with Gasteiger partial charge in [-0.25, -0.2) is 8.78 Å². The van der Waals surface area contributed by atoms with Gasteiger partial charge in [-0.2, -0.15) is 0 Å². The molecular weight excluding hydrogens is 714 g/mol. The summed E-state index contributed by atoms with van der Waals surface area (Å²) in [6.07, 6.45) is 1.04. The Labute approximate surface area is 321 Å². The fourth-order valence-electron chi connectivity index (χ4n) is 5.79. The van der Waals surface area contributed by atoms with Gasteiger partial charge in [-0.05, 0) is 89.5 Å². The number of rotatable bonds is 12. The predicted molar refractivity (Wildman–Crippen MR) is 206 cm³/mol. The lowest BCUT2D eigenvalue weighted by atomic mass is 9.89. The minimum atomic E-state index is -0.792. The molecule has 4 aromatic rings. The average molecular weight is 763 g/mol. The van der Waals surface area contributed by atoms with Crippen molar-refractivity contribution in [2.24, 2.45) is 0 Å². The predicted octanol–water partition coefficient (Wildman–Crippen LogP) is 10.9. The molecule has 0 amide bonds. The molecule has 0 unspecified atom stereocenters. The first kappa shape index (κ1) is 43.5. The van der Waals surface area contributed by atoms with Gasteiger partial charge in [0.05, 0.1) is 23.4 Å². The number of hydrogen-bond donors (Lipinski definition) is 1. The van der Waals surface area contributed by atoms with Crippen LogP contribution in [0.3, 0.4) is 0 Å². The monoisotopic (exact) mass is 762 g/mol. The molecule has 0 saturated carbocycles. The number of aromatic hydroxyl groups is 1. The smallest absolute Gasteiger partial charge is 0.306 e. The van der Waals surface area contributed by atoms with Gasteiger partial charge in [-0.15, -0.1) is 0 Å². The van der Waals surface area contributed by atoms with Gasteiger partial charge in [-0.1, -0.05) is 98.2 Å². The Morgan fingerprint density at radius 1 is 0.611 bits per heavy atom. The van der Waals surface area contributed by atoms with Crippen LogP contribution in [0.2, 0.25) is 5.02 Å². The van der Waals surface area contributed by atoms with E-state index in [1.807, 2.05) is 13.8 Å². The second-order valence-electron chi connectivity index (χ2n) is 14.9.